The number of aryl methyl sites for hydroxylation is 1. The molecule has 0 aliphatic heterocycles. The Morgan fingerprint density at radius 3 is 2.78 bits per heavy atom. The third-order valence-corrected chi connectivity index (χ3v) is 3.22. The Balaban J connectivity index is 2.27. The Labute approximate surface area is 108 Å². The average Bonchev–Trinajstić information content (AvgIpc) is 2.77. The Kier molecular flexibility index (Phi) is 3.62. The minimum absolute atomic E-state index is 0.342. The molecule has 0 radical (unpaired) electrons. The van der Waals surface area contributed by atoms with E-state index in [9.17, 15) is 9.18 Å². The number of halogens is 1. The lowest BCUT2D eigenvalue weighted by Crippen LogP contribution is -2.27. The van der Waals surface area contributed by atoms with E-state index < -0.39 is 11.9 Å². The first-order valence-electron chi connectivity index (χ1n) is 5.41. The van der Waals surface area contributed by atoms with Gasteiger partial charge in [0.05, 0.1) is 0 Å². The standard InChI is InChI=1S/C13H13FN2OS/c1-8-4-10(14)6-11(5-8)16-12(13(15)17)9-2-3-18-7-9/h2-7,12,16H,1H3,(H2,15,17). The van der Waals surface area contributed by atoms with Crippen LogP contribution in [-0.2, 0) is 4.79 Å². The molecule has 0 saturated carbocycles. The summed E-state index contributed by atoms with van der Waals surface area (Å²) >= 11 is 1.48. The molecule has 1 heterocycles. The summed E-state index contributed by atoms with van der Waals surface area (Å²) in [6.07, 6.45) is 0. The first-order chi connectivity index (χ1) is 8.56. The molecule has 3 N–H and O–H groups in total. The SMILES string of the molecule is Cc1cc(F)cc(NC(C(N)=O)c2ccsc2)c1. The van der Waals surface area contributed by atoms with Crippen LogP contribution in [0.2, 0.25) is 0 Å². The van der Waals surface area contributed by atoms with E-state index in [-0.39, 0.29) is 5.82 Å². The quantitative estimate of drug-likeness (QED) is 0.892. The highest BCUT2D eigenvalue weighted by molar-refractivity contribution is 7.08. The maximum atomic E-state index is 13.3. The number of primary amides is 1. The molecular formula is C13H13FN2OS. The minimum atomic E-state index is -0.641. The fourth-order valence-electron chi connectivity index (χ4n) is 1.74. The molecule has 5 heteroatoms. The fourth-order valence-corrected chi connectivity index (χ4v) is 2.43. The van der Waals surface area contributed by atoms with E-state index in [1.165, 1.54) is 23.5 Å². The Morgan fingerprint density at radius 1 is 1.44 bits per heavy atom. The van der Waals surface area contributed by atoms with Crippen molar-refractivity contribution in [1.29, 1.82) is 0 Å². The predicted molar refractivity (Wildman–Crippen MR) is 71.0 cm³/mol. The van der Waals surface area contributed by atoms with Crippen LogP contribution in [-0.4, -0.2) is 5.91 Å². The number of hydrogen-bond acceptors (Lipinski definition) is 3. The van der Waals surface area contributed by atoms with Crippen molar-refractivity contribution in [1.82, 2.24) is 0 Å². The summed E-state index contributed by atoms with van der Waals surface area (Å²) < 4.78 is 13.3. The van der Waals surface area contributed by atoms with E-state index in [0.717, 1.165) is 11.1 Å². The van der Waals surface area contributed by atoms with E-state index in [1.807, 2.05) is 16.8 Å². The van der Waals surface area contributed by atoms with Gasteiger partial charge < -0.3 is 11.1 Å². The van der Waals surface area contributed by atoms with Crippen molar-refractivity contribution in [2.24, 2.45) is 5.73 Å². The zero-order valence-electron chi connectivity index (χ0n) is 9.81. The summed E-state index contributed by atoms with van der Waals surface area (Å²) in [6, 6.07) is 5.71. The number of carbonyl (C=O) groups excluding carboxylic acids is 1. The van der Waals surface area contributed by atoms with Gasteiger partial charge in [0.25, 0.3) is 0 Å². The van der Waals surface area contributed by atoms with Crippen LogP contribution >= 0.6 is 11.3 Å². The number of amides is 1. The number of hydrogen-bond donors (Lipinski definition) is 2. The van der Waals surface area contributed by atoms with Crippen molar-refractivity contribution >= 4 is 22.9 Å². The van der Waals surface area contributed by atoms with Crippen LogP contribution < -0.4 is 11.1 Å². The van der Waals surface area contributed by atoms with Gasteiger partial charge in [-0.3, -0.25) is 4.79 Å². The molecule has 1 amide bonds. The summed E-state index contributed by atoms with van der Waals surface area (Å²) in [7, 11) is 0. The first kappa shape index (κ1) is 12.6. The van der Waals surface area contributed by atoms with Gasteiger partial charge >= 0.3 is 0 Å². The van der Waals surface area contributed by atoms with Gasteiger partial charge in [0.15, 0.2) is 0 Å². The summed E-state index contributed by atoms with van der Waals surface area (Å²) in [6.45, 7) is 1.79. The number of thiophene rings is 1. The van der Waals surface area contributed by atoms with Gasteiger partial charge in [-0.1, -0.05) is 0 Å². The van der Waals surface area contributed by atoms with Crippen molar-refractivity contribution in [3.8, 4) is 0 Å². The second kappa shape index (κ2) is 5.18. The second-order valence-electron chi connectivity index (χ2n) is 4.05. The monoisotopic (exact) mass is 264 g/mol. The van der Waals surface area contributed by atoms with Crippen molar-refractivity contribution in [2.75, 3.05) is 5.32 Å². The van der Waals surface area contributed by atoms with Gasteiger partial charge in [0, 0.05) is 5.69 Å². The predicted octanol–water partition coefficient (Wildman–Crippen LogP) is 2.83. The Hall–Kier alpha value is -1.88. The topological polar surface area (TPSA) is 55.1 Å². The maximum absolute atomic E-state index is 13.3. The van der Waals surface area contributed by atoms with Crippen LogP contribution in [0.5, 0.6) is 0 Å². The minimum Gasteiger partial charge on any atom is -0.370 e. The third kappa shape index (κ3) is 2.87. The normalized spacial score (nSPS) is 12.1. The molecule has 1 aromatic carbocycles. The van der Waals surface area contributed by atoms with E-state index in [2.05, 4.69) is 5.32 Å². The zero-order chi connectivity index (χ0) is 13.1. The molecule has 0 bridgehead atoms. The van der Waals surface area contributed by atoms with Crippen LogP contribution in [0, 0.1) is 12.7 Å². The first-order valence-corrected chi connectivity index (χ1v) is 6.35. The van der Waals surface area contributed by atoms with Gasteiger partial charge in [-0.25, -0.2) is 4.39 Å². The molecule has 2 rings (SSSR count). The van der Waals surface area contributed by atoms with Gasteiger partial charge in [0.1, 0.15) is 11.9 Å². The number of benzene rings is 1. The Morgan fingerprint density at radius 2 is 2.22 bits per heavy atom. The van der Waals surface area contributed by atoms with Gasteiger partial charge in [-0.2, -0.15) is 11.3 Å². The highest BCUT2D eigenvalue weighted by Gasteiger charge is 2.18. The number of nitrogens with one attached hydrogen (secondary N) is 1. The van der Waals surface area contributed by atoms with Crippen LogP contribution in [0.3, 0.4) is 0 Å². The molecule has 18 heavy (non-hydrogen) atoms. The molecule has 2 aromatic rings. The molecule has 94 valence electrons. The molecule has 0 aliphatic carbocycles. The molecule has 1 atom stereocenters. The van der Waals surface area contributed by atoms with Gasteiger partial charge in [-0.15, -0.1) is 0 Å². The van der Waals surface area contributed by atoms with Gasteiger partial charge in [0.2, 0.25) is 5.91 Å². The van der Waals surface area contributed by atoms with Crippen LogP contribution in [0.25, 0.3) is 0 Å². The van der Waals surface area contributed by atoms with Crippen LogP contribution in [0.4, 0.5) is 10.1 Å². The molecule has 0 fully saturated rings. The Bertz CT molecular complexity index is 534. The van der Waals surface area contributed by atoms with E-state index in [0.29, 0.717) is 5.69 Å². The molecule has 1 aromatic heterocycles. The van der Waals surface area contributed by atoms with E-state index >= 15 is 0 Å². The van der Waals surface area contributed by atoms with Crippen LogP contribution in [0.1, 0.15) is 17.2 Å². The van der Waals surface area contributed by atoms with Crippen molar-refractivity contribution in [2.45, 2.75) is 13.0 Å². The highest BCUT2D eigenvalue weighted by Crippen LogP contribution is 2.23. The zero-order valence-corrected chi connectivity index (χ0v) is 10.6. The average molecular weight is 264 g/mol. The third-order valence-electron chi connectivity index (χ3n) is 2.51. The van der Waals surface area contributed by atoms with Gasteiger partial charge in [-0.05, 0) is 53.1 Å². The molecule has 3 nitrogen and oxygen atoms in total. The molecule has 1 unspecified atom stereocenters. The molecule has 0 spiro atoms. The number of anilines is 1. The summed E-state index contributed by atoms with van der Waals surface area (Å²) in [4.78, 5) is 11.4. The lowest BCUT2D eigenvalue weighted by atomic mass is 10.1. The van der Waals surface area contributed by atoms with E-state index in [1.54, 1.807) is 13.0 Å². The number of rotatable bonds is 4. The maximum Gasteiger partial charge on any atom is 0.244 e. The van der Waals surface area contributed by atoms with Crippen molar-refractivity contribution < 1.29 is 9.18 Å². The van der Waals surface area contributed by atoms with Crippen LogP contribution in [0.15, 0.2) is 35.0 Å². The lowest BCUT2D eigenvalue weighted by Gasteiger charge is -2.16. The number of nitrogens with two attached hydrogens (primary N) is 1. The molecule has 0 aliphatic rings. The molecule has 0 saturated heterocycles. The largest absolute Gasteiger partial charge is 0.370 e. The highest BCUT2D eigenvalue weighted by atomic mass is 32.1. The van der Waals surface area contributed by atoms with E-state index in [4.69, 9.17) is 5.73 Å². The summed E-state index contributed by atoms with van der Waals surface area (Å²) in [5.74, 6) is -0.832. The fraction of sp³-hybridized carbons (Fsp3) is 0.154. The number of carbonyl (C=O) groups is 1. The lowest BCUT2D eigenvalue weighted by molar-refractivity contribution is -0.118. The van der Waals surface area contributed by atoms with Crippen molar-refractivity contribution in [3.05, 3.63) is 52.0 Å². The van der Waals surface area contributed by atoms with Crippen molar-refractivity contribution in [3.63, 3.8) is 0 Å². The smallest absolute Gasteiger partial charge is 0.244 e. The summed E-state index contributed by atoms with van der Waals surface area (Å²) in [5, 5.41) is 6.66. The summed E-state index contributed by atoms with van der Waals surface area (Å²) in [5.41, 5.74) is 7.48. The molecular weight excluding hydrogens is 251 g/mol. The second-order valence-corrected chi connectivity index (χ2v) is 4.83.